The van der Waals surface area contributed by atoms with Gasteiger partial charge in [0.05, 0.1) is 25.4 Å². The third-order valence-corrected chi connectivity index (χ3v) is 5.26. The van der Waals surface area contributed by atoms with Crippen LogP contribution in [0.5, 0.6) is 0 Å². The normalized spacial score (nSPS) is 18.7. The number of esters is 2. The van der Waals surface area contributed by atoms with Gasteiger partial charge in [0.15, 0.2) is 0 Å². The Labute approximate surface area is 175 Å². The first-order chi connectivity index (χ1) is 14.7. The highest BCUT2D eigenvalue weighted by atomic mass is 16.6. The lowest BCUT2D eigenvalue weighted by molar-refractivity contribution is -0.142. The molecule has 0 aliphatic heterocycles. The number of hydrogen-bond acceptors (Lipinski definition) is 6. The molecule has 0 fully saturated rings. The van der Waals surface area contributed by atoms with Gasteiger partial charge in [-0.3, -0.25) is 0 Å². The highest BCUT2D eigenvalue weighted by molar-refractivity contribution is 5.91. The molecule has 2 aromatic carbocycles. The first kappa shape index (κ1) is 20.3. The summed E-state index contributed by atoms with van der Waals surface area (Å²) < 4.78 is 21.4. The van der Waals surface area contributed by atoms with Crippen molar-refractivity contribution in [2.24, 2.45) is 0 Å². The number of fused-ring (bicyclic) bond motifs is 2. The van der Waals surface area contributed by atoms with Crippen LogP contribution in [-0.2, 0) is 41.4 Å². The molecule has 2 unspecified atom stereocenters. The number of benzene rings is 2. The Morgan fingerprint density at radius 2 is 1.13 bits per heavy atom. The maximum atomic E-state index is 11.7. The number of hydrogen-bond donors (Lipinski definition) is 0. The van der Waals surface area contributed by atoms with E-state index in [1.807, 2.05) is 36.4 Å². The average molecular weight is 408 g/mol. The second-order valence-corrected chi connectivity index (χ2v) is 7.19. The Balaban J connectivity index is 1.04. The maximum absolute atomic E-state index is 11.7. The maximum Gasteiger partial charge on any atom is 0.331 e. The third-order valence-electron chi connectivity index (χ3n) is 5.26. The molecule has 6 nitrogen and oxygen atoms in total. The average Bonchev–Trinajstić information content (AvgIpc) is 2.72. The van der Waals surface area contributed by atoms with Gasteiger partial charge in [-0.1, -0.05) is 48.5 Å². The van der Waals surface area contributed by atoms with Crippen molar-refractivity contribution in [3.8, 4) is 0 Å². The Kier molecular flexibility index (Phi) is 6.57. The zero-order valence-corrected chi connectivity index (χ0v) is 16.6. The molecule has 156 valence electrons. The zero-order valence-electron chi connectivity index (χ0n) is 16.6. The fourth-order valence-electron chi connectivity index (χ4n) is 3.62. The monoisotopic (exact) mass is 408 g/mol. The van der Waals surface area contributed by atoms with Crippen LogP contribution < -0.4 is 0 Å². The zero-order chi connectivity index (χ0) is 20.8. The van der Waals surface area contributed by atoms with Crippen LogP contribution >= 0.6 is 0 Å². The number of carbonyl (C=O) groups excluding carboxylic acids is 2. The van der Waals surface area contributed by atoms with Crippen molar-refractivity contribution in [2.45, 2.75) is 25.0 Å². The van der Waals surface area contributed by atoms with Gasteiger partial charge >= 0.3 is 11.9 Å². The molecule has 4 rings (SSSR count). The molecule has 30 heavy (non-hydrogen) atoms. The molecular weight excluding hydrogens is 384 g/mol. The van der Waals surface area contributed by atoms with Gasteiger partial charge in [0.2, 0.25) is 0 Å². The van der Waals surface area contributed by atoms with Crippen LogP contribution in [0.4, 0.5) is 0 Å². The molecular formula is C24H24O6. The molecule has 0 N–H and O–H groups in total. The second-order valence-electron chi connectivity index (χ2n) is 7.19. The SMILES string of the molecule is O=C(C=CC(=O)OCCOC1Cc2ccccc21)OCCOC1Cc2ccccc21. The smallest absolute Gasteiger partial charge is 0.331 e. The fraction of sp³-hybridized carbons (Fsp3) is 0.333. The highest BCUT2D eigenvalue weighted by Gasteiger charge is 2.26. The van der Waals surface area contributed by atoms with Crippen molar-refractivity contribution in [2.75, 3.05) is 26.4 Å². The fourth-order valence-corrected chi connectivity index (χ4v) is 3.62. The number of rotatable bonds is 10. The van der Waals surface area contributed by atoms with Crippen LogP contribution in [0.2, 0.25) is 0 Å². The largest absolute Gasteiger partial charge is 0.460 e. The molecule has 2 aliphatic carbocycles. The lowest BCUT2D eigenvalue weighted by atomic mass is 9.85. The number of carbonyl (C=O) groups is 2. The molecule has 2 atom stereocenters. The van der Waals surface area contributed by atoms with Crippen molar-refractivity contribution in [3.05, 3.63) is 82.9 Å². The molecule has 2 aromatic rings. The van der Waals surface area contributed by atoms with E-state index >= 15 is 0 Å². The van der Waals surface area contributed by atoms with E-state index < -0.39 is 11.9 Å². The van der Waals surface area contributed by atoms with Crippen molar-refractivity contribution in [1.82, 2.24) is 0 Å². The Bertz CT molecular complexity index is 859. The molecule has 0 aromatic heterocycles. The molecule has 0 saturated heterocycles. The second kappa shape index (κ2) is 9.69. The summed E-state index contributed by atoms with van der Waals surface area (Å²) in [5.41, 5.74) is 4.97. The van der Waals surface area contributed by atoms with Gasteiger partial charge in [0.1, 0.15) is 13.2 Å². The quantitative estimate of drug-likeness (QED) is 0.341. The molecule has 0 bridgehead atoms. The van der Waals surface area contributed by atoms with Gasteiger partial charge in [-0.05, 0) is 22.3 Å². The van der Waals surface area contributed by atoms with E-state index in [-0.39, 0.29) is 25.4 Å². The first-order valence-corrected chi connectivity index (χ1v) is 10.1. The van der Waals surface area contributed by atoms with Gasteiger partial charge in [-0.25, -0.2) is 9.59 Å². The highest BCUT2D eigenvalue weighted by Crippen LogP contribution is 2.36. The van der Waals surface area contributed by atoms with Crippen molar-refractivity contribution < 1.29 is 28.5 Å². The van der Waals surface area contributed by atoms with E-state index in [1.165, 1.54) is 22.3 Å². The molecule has 0 radical (unpaired) electrons. The summed E-state index contributed by atoms with van der Waals surface area (Å²) in [4.78, 5) is 23.3. The van der Waals surface area contributed by atoms with Gasteiger partial charge in [0, 0.05) is 25.0 Å². The lowest BCUT2D eigenvalue weighted by Crippen LogP contribution is -2.22. The molecule has 0 saturated carbocycles. The van der Waals surface area contributed by atoms with Crippen LogP contribution in [0.15, 0.2) is 60.7 Å². The van der Waals surface area contributed by atoms with Crippen molar-refractivity contribution in [3.63, 3.8) is 0 Å². The van der Waals surface area contributed by atoms with Gasteiger partial charge < -0.3 is 18.9 Å². The first-order valence-electron chi connectivity index (χ1n) is 10.1. The van der Waals surface area contributed by atoms with E-state index in [2.05, 4.69) is 12.1 Å². The minimum Gasteiger partial charge on any atom is -0.460 e. The lowest BCUT2D eigenvalue weighted by Gasteiger charge is -2.29. The van der Waals surface area contributed by atoms with Crippen LogP contribution in [0.1, 0.15) is 34.5 Å². The summed E-state index contributed by atoms with van der Waals surface area (Å²) in [6, 6.07) is 16.2. The van der Waals surface area contributed by atoms with Gasteiger partial charge in [0.25, 0.3) is 0 Å². The minimum atomic E-state index is -0.605. The van der Waals surface area contributed by atoms with Crippen molar-refractivity contribution in [1.29, 1.82) is 0 Å². The summed E-state index contributed by atoms with van der Waals surface area (Å²) in [7, 11) is 0. The summed E-state index contributed by atoms with van der Waals surface area (Å²) in [6.07, 6.45) is 4.02. The van der Waals surface area contributed by atoms with Crippen LogP contribution in [0.3, 0.4) is 0 Å². The summed E-state index contributed by atoms with van der Waals surface area (Å²) in [5, 5.41) is 0. The van der Waals surface area contributed by atoms with E-state index in [0.29, 0.717) is 13.2 Å². The minimum absolute atomic E-state index is 0.0704. The van der Waals surface area contributed by atoms with Crippen LogP contribution in [-0.4, -0.2) is 38.4 Å². The predicted octanol–water partition coefficient (Wildman–Crippen LogP) is 3.26. The molecule has 0 spiro atoms. The topological polar surface area (TPSA) is 71.1 Å². The summed E-state index contributed by atoms with van der Waals surface area (Å²) in [6.45, 7) is 0.885. The van der Waals surface area contributed by atoms with E-state index in [1.54, 1.807) is 0 Å². The summed E-state index contributed by atoms with van der Waals surface area (Å²) in [5.74, 6) is -1.21. The Hall–Kier alpha value is -2.96. The molecule has 6 heteroatoms. The van der Waals surface area contributed by atoms with E-state index in [0.717, 1.165) is 25.0 Å². The molecule has 0 amide bonds. The standard InChI is InChI=1S/C24H24O6/c25-23(29-13-11-27-21-15-17-5-1-3-7-19(17)21)9-10-24(26)30-14-12-28-22-16-18-6-2-4-8-20(18)22/h1-10,21-22H,11-16H2. The van der Waals surface area contributed by atoms with Crippen LogP contribution in [0.25, 0.3) is 0 Å². The van der Waals surface area contributed by atoms with Crippen molar-refractivity contribution >= 4 is 11.9 Å². The molecule has 0 heterocycles. The third kappa shape index (κ3) is 4.96. The summed E-state index contributed by atoms with van der Waals surface area (Å²) >= 11 is 0. The van der Waals surface area contributed by atoms with Gasteiger partial charge in [-0.15, -0.1) is 0 Å². The van der Waals surface area contributed by atoms with Gasteiger partial charge in [-0.2, -0.15) is 0 Å². The van der Waals surface area contributed by atoms with E-state index in [9.17, 15) is 9.59 Å². The molecule has 2 aliphatic rings. The number of ether oxygens (including phenoxy) is 4. The predicted molar refractivity (Wildman–Crippen MR) is 109 cm³/mol. The van der Waals surface area contributed by atoms with E-state index in [4.69, 9.17) is 18.9 Å². The van der Waals surface area contributed by atoms with Crippen LogP contribution in [0, 0.1) is 0 Å². The Morgan fingerprint density at radius 1 is 0.700 bits per heavy atom. The Morgan fingerprint density at radius 3 is 1.57 bits per heavy atom.